The first kappa shape index (κ1) is 27.2. The molecule has 1 aliphatic heterocycles. The molecule has 0 aliphatic carbocycles. The number of carboxylic acid groups (broad SMARTS) is 1. The Labute approximate surface area is 225 Å². The predicted octanol–water partition coefficient (Wildman–Crippen LogP) is 3.55. The van der Waals surface area contributed by atoms with Crippen LogP contribution in [0, 0.1) is 12.3 Å². The Morgan fingerprint density at radius 1 is 1.18 bits per heavy atom. The molecule has 0 saturated carbocycles. The molecule has 0 bridgehead atoms. The highest BCUT2D eigenvalue weighted by Gasteiger charge is 2.20. The number of terminal acetylenes is 1. The monoisotopic (exact) mass is 536 g/mol. The smallest absolute Gasteiger partial charge is 0.335 e. The first-order valence-corrected chi connectivity index (χ1v) is 12.7. The van der Waals surface area contributed by atoms with E-state index in [4.69, 9.17) is 27.7 Å². The van der Waals surface area contributed by atoms with Crippen LogP contribution in [0.4, 0.5) is 5.69 Å². The van der Waals surface area contributed by atoms with Gasteiger partial charge >= 0.3 is 11.9 Å². The van der Waals surface area contributed by atoms with Crippen molar-refractivity contribution in [3.63, 3.8) is 0 Å². The highest BCUT2D eigenvalue weighted by molar-refractivity contribution is 6.32. The zero-order valence-corrected chi connectivity index (χ0v) is 21.9. The lowest BCUT2D eigenvalue weighted by Crippen LogP contribution is -2.35. The van der Waals surface area contributed by atoms with E-state index >= 15 is 0 Å². The minimum Gasteiger partial charge on any atom is -0.478 e. The summed E-state index contributed by atoms with van der Waals surface area (Å²) >= 11 is 6.66. The molecule has 1 fully saturated rings. The van der Waals surface area contributed by atoms with Gasteiger partial charge in [0.1, 0.15) is 12.4 Å². The van der Waals surface area contributed by atoms with E-state index in [0.29, 0.717) is 39.5 Å². The number of ether oxygens (including phenoxy) is 1. The molecular formula is C28H29ClN4O5. The molecule has 1 aromatic heterocycles. The number of hydrogen-bond acceptors (Lipinski definition) is 7. The number of aromatic carboxylic acids is 1. The maximum absolute atomic E-state index is 13.6. The summed E-state index contributed by atoms with van der Waals surface area (Å²) in [5.74, 6) is 1.54. The molecule has 1 N–H and O–H groups in total. The quantitative estimate of drug-likeness (QED) is 0.327. The fourth-order valence-electron chi connectivity index (χ4n) is 4.62. The Morgan fingerprint density at radius 3 is 2.53 bits per heavy atom. The number of anilines is 1. The van der Waals surface area contributed by atoms with Crippen molar-refractivity contribution < 1.29 is 19.4 Å². The number of carbonyl (C=O) groups excluding carboxylic acids is 1. The van der Waals surface area contributed by atoms with Gasteiger partial charge in [0.05, 0.1) is 36.7 Å². The van der Waals surface area contributed by atoms with Crippen LogP contribution in [0.1, 0.15) is 41.0 Å². The van der Waals surface area contributed by atoms with Gasteiger partial charge in [0, 0.05) is 17.3 Å². The van der Waals surface area contributed by atoms with Crippen molar-refractivity contribution in [2.45, 2.75) is 38.9 Å². The third-order valence-corrected chi connectivity index (χ3v) is 7.00. The third kappa shape index (κ3) is 6.15. The van der Waals surface area contributed by atoms with Gasteiger partial charge in [0.15, 0.2) is 0 Å². The maximum Gasteiger partial charge on any atom is 0.335 e. The summed E-state index contributed by atoms with van der Waals surface area (Å²) in [6.45, 7) is 2.54. The second-order valence-electron chi connectivity index (χ2n) is 9.21. The van der Waals surface area contributed by atoms with Gasteiger partial charge < -0.3 is 14.7 Å². The number of carboxylic acids is 1. The predicted molar refractivity (Wildman–Crippen MR) is 145 cm³/mol. The van der Waals surface area contributed by atoms with Crippen LogP contribution in [0.15, 0.2) is 41.2 Å². The molecule has 10 heteroatoms. The first-order valence-electron chi connectivity index (χ1n) is 12.3. The fourth-order valence-corrected chi connectivity index (χ4v) is 4.84. The zero-order valence-electron chi connectivity index (χ0n) is 21.2. The number of fused-ring (bicyclic) bond motifs is 1. The molecule has 3 aromatic rings. The molecule has 4 rings (SSSR count). The number of carbonyl (C=O) groups is 2. The normalized spacial score (nSPS) is 13.7. The molecule has 198 valence electrons. The van der Waals surface area contributed by atoms with E-state index in [0.717, 1.165) is 25.9 Å². The lowest BCUT2D eigenvalue weighted by atomic mass is 10.1. The molecule has 0 amide bonds. The van der Waals surface area contributed by atoms with Gasteiger partial charge in [0.2, 0.25) is 0 Å². The fraction of sp³-hybridized carbons (Fsp3) is 0.357. The molecule has 0 atom stereocenters. The lowest BCUT2D eigenvalue weighted by molar-refractivity contribution is -0.141. The molecule has 38 heavy (non-hydrogen) atoms. The van der Waals surface area contributed by atoms with Crippen molar-refractivity contribution in [2.24, 2.45) is 0 Å². The number of piperidine rings is 1. The number of aromatic nitrogens is 2. The second-order valence-corrected chi connectivity index (χ2v) is 9.61. The van der Waals surface area contributed by atoms with Gasteiger partial charge in [-0.2, -0.15) is 0 Å². The van der Waals surface area contributed by atoms with E-state index < -0.39 is 11.9 Å². The molecule has 1 aliphatic rings. The summed E-state index contributed by atoms with van der Waals surface area (Å²) in [4.78, 5) is 45.9. The Hall–Kier alpha value is -3.87. The SMILES string of the molecule is C#CCN(Cc1cc2c(=O)n(CC(=O)OC)c(CN3CCCCC3)nc2cc1Cl)c1ccc(C(=O)O)cc1. The van der Waals surface area contributed by atoms with Crippen molar-refractivity contribution in [2.75, 3.05) is 31.6 Å². The third-order valence-electron chi connectivity index (χ3n) is 6.65. The highest BCUT2D eigenvalue weighted by atomic mass is 35.5. The van der Waals surface area contributed by atoms with Crippen LogP contribution in [0.25, 0.3) is 10.9 Å². The minimum absolute atomic E-state index is 0.163. The highest BCUT2D eigenvalue weighted by Crippen LogP contribution is 2.26. The Bertz CT molecular complexity index is 1440. The molecule has 2 aromatic carbocycles. The Kier molecular flexibility index (Phi) is 8.66. The van der Waals surface area contributed by atoms with Crippen molar-refractivity contribution in [3.8, 4) is 12.3 Å². The van der Waals surface area contributed by atoms with E-state index in [-0.39, 0.29) is 30.8 Å². The number of rotatable bonds is 9. The number of benzene rings is 2. The average Bonchev–Trinajstić information content (AvgIpc) is 2.92. The van der Waals surface area contributed by atoms with Crippen molar-refractivity contribution in [1.29, 1.82) is 0 Å². The molecular weight excluding hydrogens is 508 g/mol. The average molecular weight is 537 g/mol. The standard InChI is InChI=1S/C28H29ClN4O5/c1-3-11-32(21-9-7-19(8-10-21)28(36)37)16-20-14-22-24(15-23(20)29)30-25(17-31-12-5-4-6-13-31)33(27(22)35)18-26(34)38-2/h1,7-10,14-15H,4-6,11-13,16-18H2,2H3,(H,36,37). The number of hydrogen-bond donors (Lipinski definition) is 1. The van der Waals surface area contributed by atoms with Crippen LogP contribution in [-0.2, 0) is 29.2 Å². The van der Waals surface area contributed by atoms with Gasteiger partial charge in [0.25, 0.3) is 5.56 Å². The van der Waals surface area contributed by atoms with Crippen LogP contribution in [0.2, 0.25) is 5.02 Å². The van der Waals surface area contributed by atoms with E-state index in [1.807, 2.05) is 4.90 Å². The van der Waals surface area contributed by atoms with Crippen LogP contribution >= 0.6 is 11.6 Å². The summed E-state index contributed by atoms with van der Waals surface area (Å²) in [7, 11) is 1.28. The molecule has 9 nitrogen and oxygen atoms in total. The van der Waals surface area contributed by atoms with Crippen LogP contribution in [0.5, 0.6) is 0 Å². The minimum atomic E-state index is -1.02. The summed E-state index contributed by atoms with van der Waals surface area (Å²) < 4.78 is 6.22. The lowest BCUT2D eigenvalue weighted by Gasteiger charge is -2.27. The maximum atomic E-state index is 13.6. The van der Waals surface area contributed by atoms with Crippen LogP contribution in [-0.4, -0.2) is 58.2 Å². The van der Waals surface area contributed by atoms with E-state index in [2.05, 4.69) is 10.8 Å². The number of halogens is 1. The second kappa shape index (κ2) is 12.1. The van der Waals surface area contributed by atoms with Crippen molar-refractivity contribution in [3.05, 3.63) is 68.7 Å². The largest absolute Gasteiger partial charge is 0.478 e. The summed E-state index contributed by atoms with van der Waals surface area (Å²) in [6, 6.07) is 9.70. The van der Waals surface area contributed by atoms with Gasteiger partial charge in [-0.1, -0.05) is 23.9 Å². The molecule has 1 saturated heterocycles. The zero-order chi connectivity index (χ0) is 27.2. The number of likely N-dealkylation sites (tertiary alicyclic amines) is 1. The Balaban J connectivity index is 1.73. The van der Waals surface area contributed by atoms with Crippen molar-refractivity contribution in [1.82, 2.24) is 14.5 Å². The number of methoxy groups -OCH3 is 1. The van der Waals surface area contributed by atoms with Crippen molar-refractivity contribution >= 4 is 40.1 Å². The van der Waals surface area contributed by atoms with Gasteiger partial charge in [-0.3, -0.25) is 19.1 Å². The topological polar surface area (TPSA) is 105 Å². The summed E-state index contributed by atoms with van der Waals surface area (Å²) in [6.07, 6.45) is 8.93. The van der Waals surface area contributed by atoms with Gasteiger partial charge in [-0.25, -0.2) is 9.78 Å². The van der Waals surface area contributed by atoms with Crippen LogP contribution in [0.3, 0.4) is 0 Å². The van der Waals surface area contributed by atoms with Gasteiger partial charge in [-0.05, 0) is 67.9 Å². The molecule has 0 unspecified atom stereocenters. The number of nitrogens with zero attached hydrogens (tertiary/aromatic N) is 4. The van der Waals surface area contributed by atoms with E-state index in [1.165, 1.54) is 30.2 Å². The Morgan fingerprint density at radius 2 is 1.89 bits per heavy atom. The van der Waals surface area contributed by atoms with Gasteiger partial charge in [-0.15, -0.1) is 6.42 Å². The summed E-state index contributed by atoms with van der Waals surface area (Å²) in [5, 5.41) is 9.94. The first-order chi connectivity index (χ1) is 18.3. The summed E-state index contributed by atoms with van der Waals surface area (Å²) in [5.41, 5.74) is 1.62. The molecule has 0 radical (unpaired) electrons. The van der Waals surface area contributed by atoms with E-state index in [9.17, 15) is 19.5 Å². The van der Waals surface area contributed by atoms with E-state index in [1.54, 1.807) is 24.3 Å². The molecule has 2 heterocycles. The van der Waals surface area contributed by atoms with Crippen LogP contribution < -0.4 is 10.5 Å². The molecule has 0 spiro atoms. The number of esters is 1.